The van der Waals surface area contributed by atoms with E-state index in [0.717, 1.165) is 43.8 Å². The highest BCUT2D eigenvalue weighted by Gasteiger charge is 2.36. The van der Waals surface area contributed by atoms with Gasteiger partial charge in [-0.05, 0) is 25.0 Å². The van der Waals surface area contributed by atoms with E-state index in [9.17, 15) is 4.79 Å². The summed E-state index contributed by atoms with van der Waals surface area (Å²) in [6, 6.07) is 8.73. The molecule has 1 aromatic heterocycles. The number of rotatable bonds is 2. The van der Waals surface area contributed by atoms with Gasteiger partial charge in [0.25, 0.3) is 0 Å². The molecule has 2 aromatic rings. The molecule has 5 heteroatoms. The predicted octanol–water partition coefficient (Wildman–Crippen LogP) is 2.32. The molecule has 2 saturated heterocycles. The second kappa shape index (κ2) is 5.41. The third kappa shape index (κ3) is 2.22. The van der Waals surface area contributed by atoms with Crippen LogP contribution in [-0.4, -0.2) is 48.1 Å². The van der Waals surface area contributed by atoms with Crippen LogP contribution in [0.2, 0.25) is 0 Å². The van der Waals surface area contributed by atoms with Gasteiger partial charge >= 0.3 is 6.03 Å². The van der Waals surface area contributed by atoms with Crippen molar-refractivity contribution < 1.29 is 4.79 Å². The Morgan fingerprint density at radius 2 is 2.13 bits per heavy atom. The van der Waals surface area contributed by atoms with E-state index in [0.29, 0.717) is 0 Å². The van der Waals surface area contributed by atoms with Crippen LogP contribution in [-0.2, 0) is 6.42 Å². The number of hydrogen-bond acceptors (Lipinski definition) is 3. The molecule has 1 aromatic carbocycles. The third-order valence-electron chi connectivity index (χ3n) is 5.07. The summed E-state index contributed by atoms with van der Waals surface area (Å²) in [4.78, 5) is 21.0. The van der Waals surface area contributed by atoms with Crippen molar-refractivity contribution in [3.8, 4) is 0 Å². The molecule has 4 rings (SSSR count). The third-order valence-corrected chi connectivity index (χ3v) is 5.07. The van der Waals surface area contributed by atoms with Crippen LogP contribution in [0.25, 0.3) is 10.9 Å². The number of aromatic nitrogens is 1. The molecular weight excluding hydrogens is 288 g/mol. The monoisotopic (exact) mass is 310 g/mol. The SMILES string of the molecule is CCc1c(C)nc2ccccc2c1N1CCN2C(=O)NCC2C1. The van der Waals surface area contributed by atoms with E-state index in [1.807, 2.05) is 11.0 Å². The van der Waals surface area contributed by atoms with Crippen LogP contribution in [0, 0.1) is 6.92 Å². The number of aryl methyl sites for hydroxylation is 1. The van der Waals surface area contributed by atoms with Crippen molar-refractivity contribution in [2.75, 3.05) is 31.1 Å². The van der Waals surface area contributed by atoms with E-state index < -0.39 is 0 Å². The lowest BCUT2D eigenvalue weighted by molar-refractivity contribution is 0.197. The Bertz CT molecular complexity index is 773. The van der Waals surface area contributed by atoms with Crippen LogP contribution in [0.5, 0.6) is 0 Å². The number of amides is 2. The summed E-state index contributed by atoms with van der Waals surface area (Å²) >= 11 is 0. The molecule has 1 N–H and O–H groups in total. The molecule has 2 aliphatic heterocycles. The molecule has 2 amide bonds. The molecule has 2 aliphatic rings. The Kier molecular flexibility index (Phi) is 3.36. The number of nitrogens with one attached hydrogen (secondary N) is 1. The summed E-state index contributed by atoms with van der Waals surface area (Å²) in [5, 5.41) is 4.18. The average molecular weight is 310 g/mol. The summed E-state index contributed by atoms with van der Waals surface area (Å²) in [5.41, 5.74) is 4.81. The van der Waals surface area contributed by atoms with Crippen molar-refractivity contribution in [3.63, 3.8) is 0 Å². The lowest BCUT2D eigenvalue weighted by Crippen LogP contribution is -2.52. The number of para-hydroxylation sites is 1. The van der Waals surface area contributed by atoms with Crippen molar-refractivity contribution >= 4 is 22.6 Å². The maximum atomic E-state index is 11.8. The summed E-state index contributed by atoms with van der Waals surface area (Å²) < 4.78 is 0. The van der Waals surface area contributed by atoms with Gasteiger partial charge < -0.3 is 15.1 Å². The highest BCUT2D eigenvalue weighted by molar-refractivity contribution is 5.94. The van der Waals surface area contributed by atoms with Gasteiger partial charge in [-0.1, -0.05) is 25.1 Å². The van der Waals surface area contributed by atoms with Crippen LogP contribution in [0.15, 0.2) is 24.3 Å². The van der Waals surface area contributed by atoms with Crippen molar-refractivity contribution in [1.29, 1.82) is 0 Å². The van der Waals surface area contributed by atoms with E-state index in [-0.39, 0.29) is 12.1 Å². The fraction of sp³-hybridized carbons (Fsp3) is 0.444. The first-order chi connectivity index (χ1) is 11.2. The van der Waals surface area contributed by atoms with Crippen molar-refractivity contribution in [2.24, 2.45) is 0 Å². The molecule has 2 fully saturated rings. The zero-order chi connectivity index (χ0) is 16.0. The second-order valence-electron chi connectivity index (χ2n) is 6.37. The number of hydrogen-bond donors (Lipinski definition) is 1. The minimum atomic E-state index is 0.0844. The number of nitrogens with zero attached hydrogens (tertiary/aromatic N) is 3. The Hall–Kier alpha value is -2.30. The molecule has 0 radical (unpaired) electrons. The number of urea groups is 1. The zero-order valence-electron chi connectivity index (χ0n) is 13.7. The smallest absolute Gasteiger partial charge is 0.317 e. The lowest BCUT2D eigenvalue weighted by Gasteiger charge is -2.39. The molecule has 23 heavy (non-hydrogen) atoms. The Labute approximate surface area is 136 Å². The topological polar surface area (TPSA) is 48.5 Å². The Balaban J connectivity index is 1.80. The lowest BCUT2D eigenvalue weighted by atomic mass is 10.0. The fourth-order valence-electron chi connectivity index (χ4n) is 3.95. The first kappa shape index (κ1) is 14.3. The summed E-state index contributed by atoms with van der Waals surface area (Å²) in [7, 11) is 0. The van der Waals surface area contributed by atoms with Gasteiger partial charge in [0.1, 0.15) is 0 Å². The number of pyridine rings is 1. The van der Waals surface area contributed by atoms with Crippen molar-refractivity contribution in [1.82, 2.24) is 15.2 Å². The van der Waals surface area contributed by atoms with Gasteiger partial charge in [-0.2, -0.15) is 0 Å². The molecule has 0 aliphatic carbocycles. The predicted molar refractivity (Wildman–Crippen MR) is 92.0 cm³/mol. The summed E-state index contributed by atoms with van der Waals surface area (Å²) in [6.07, 6.45) is 0.973. The van der Waals surface area contributed by atoms with Crippen LogP contribution in [0.4, 0.5) is 10.5 Å². The van der Waals surface area contributed by atoms with Gasteiger partial charge in [-0.25, -0.2) is 4.79 Å². The zero-order valence-corrected chi connectivity index (χ0v) is 13.7. The second-order valence-corrected chi connectivity index (χ2v) is 6.37. The largest absolute Gasteiger partial charge is 0.367 e. The molecule has 120 valence electrons. The van der Waals surface area contributed by atoms with Gasteiger partial charge in [0.05, 0.1) is 17.2 Å². The first-order valence-corrected chi connectivity index (χ1v) is 8.36. The number of carbonyl (C=O) groups excluding carboxylic acids is 1. The standard InChI is InChI=1S/C18H22N4O/c1-3-14-12(2)20-16-7-5-4-6-15(16)17(14)21-8-9-22-13(11-21)10-19-18(22)23/h4-7,13H,3,8-11H2,1-2H3,(H,19,23). The van der Waals surface area contributed by atoms with E-state index in [2.05, 4.69) is 42.3 Å². The number of piperazine rings is 1. The minimum Gasteiger partial charge on any atom is -0.367 e. The van der Waals surface area contributed by atoms with Gasteiger partial charge in [-0.3, -0.25) is 4.98 Å². The molecule has 5 nitrogen and oxygen atoms in total. The molecule has 0 spiro atoms. The van der Waals surface area contributed by atoms with Gasteiger partial charge in [0.15, 0.2) is 0 Å². The molecule has 0 bridgehead atoms. The number of fused-ring (bicyclic) bond motifs is 2. The van der Waals surface area contributed by atoms with E-state index in [1.165, 1.54) is 16.6 Å². The molecule has 1 unspecified atom stereocenters. The van der Waals surface area contributed by atoms with E-state index in [4.69, 9.17) is 4.98 Å². The number of anilines is 1. The normalized spacial score (nSPS) is 20.8. The molecular formula is C18H22N4O. The van der Waals surface area contributed by atoms with Crippen LogP contribution < -0.4 is 10.2 Å². The summed E-state index contributed by atoms with van der Waals surface area (Å²) in [6.45, 7) is 7.60. The molecule has 1 atom stereocenters. The summed E-state index contributed by atoms with van der Waals surface area (Å²) in [5.74, 6) is 0. The van der Waals surface area contributed by atoms with Crippen LogP contribution in [0.1, 0.15) is 18.2 Å². The fourth-order valence-corrected chi connectivity index (χ4v) is 3.95. The Morgan fingerprint density at radius 1 is 1.30 bits per heavy atom. The highest BCUT2D eigenvalue weighted by Crippen LogP contribution is 2.34. The Morgan fingerprint density at radius 3 is 2.96 bits per heavy atom. The number of benzene rings is 1. The maximum absolute atomic E-state index is 11.8. The van der Waals surface area contributed by atoms with Crippen molar-refractivity contribution in [3.05, 3.63) is 35.5 Å². The average Bonchev–Trinajstić information content (AvgIpc) is 2.94. The highest BCUT2D eigenvalue weighted by atomic mass is 16.2. The molecule has 3 heterocycles. The first-order valence-electron chi connectivity index (χ1n) is 8.36. The maximum Gasteiger partial charge on any atom is 0.317 e. The molecule has 0 saturated carbocycles. The number of carbonyl (C=O) groups is 1. The minimum absolute atomic E-state index is 0.0844. The quantitative estimate of drug-likeness (QED) is 0.926. The van der Waals surface area contributed by atoms with Gasteiger partial charge in [0.2, 0.25) is 0 Å². The van der Waals surface area contributed by atoms with Crippen LogP contribution >= 0.6 is 0 Å². The van der Waals surface area contributed by atoms with Gasteiger partial charge in [0, 0.05) is 37.3 Å². The van der Waals surface area contributed by atoms with Gasteiger partial charge in [-0.15, -0.1) is 0 Å². The van der Waals surface area contributed by atoms with Crippen LogP contribution in [0.3, 0.4) is 0 Å². The van der Waals surface area contributed by atoms with E-state index in [1.54, 1.807) is 0 Å². The van der Waals surface area contributed by atoms with Crippen molar-refractivity contribution in [2.45, 2.75) is 26.3 Å². The van der Waals surface area contributed by atoms with E-state index >= 15 is 0 Å².